The Morgan fingerprint density at radius 3 is 2.70 bits per heavy atom. The Balaban J connectivity index is 1.70. The Kier molecular flexibility index (Phi) is 7.89. The molecule has 1 aliphatic rings. The Labute approximate surface area is 216 Å². The van der Waals surface area contributed by atoms with Crippen molar-refractivity contribution < 1.29 is 23.0 Å². The number of ether oxygens (including phenoxy) is 2. The van der Waals surface area contributed by atoms with Crippen molar-refractivity contribution in [3.63, 3.8) is 0 Å². The molecule has 1 amide bonds. The van der Waals surface area contributed by atoms with E-state index in [1.54, 1.807) is 13.1 Å². The van der Waals surface area contributed by atoms with Crippen LogP contribution in [0.25, 0.3) is 11.1 Å². The van der Waals surface area contributed by atoms with Crippen molar-refractivity contribution in [2.24, 2.45) is 5.92 Å². The zero-order valence-corrected chi connectivity index (χ0v) is 20.9. The molecule has 1 saturated carbocycles. The van der Waals surface area contributed by atoms with Gasteiger partial charge in [0.05, 0.1) is 47.8 Å². The summed E-state index contributed by atoms with van der Waals surface area (Å²) in [5.74, 6) is 6.51. The number of hydrogen-bond donors (Lipinski definition) is 2. The van der Waals surface area contributed by atoms with Crippen LogP contribution < -0.4 is 10.1 Å². The van der Waals surface area contributed by atoms with Gasteiger partial charge < -0.3 is 9.47 Å². The first kappa shape index (κ1) is 25.9. The number of alkyl halides is 2. The van der Waals surface area contributed by atoms with Gasteiger partial charge in [-0.2, -0.15) is 0 Å². The van der Waals surface area contributed by atoms with E-state index in [-0.39, 0.29) is 34.8 Å². The summed E-state index contributed by atoms with van der Waals surface area (Å²) >= 11 is 1.23. The predicted octanol–water partition coefficient (Wildman–Crippen LogP) is 5.63. The number of hydrogen-bond acceptors (Lipinski definition) is 8. The first-order valence-corrected chi connectivity index (χ1v) is 12.1. The number of allylic oxidation sites excluding steroid dienone is 1. The summed E-state index contributed by atoms with van der Waals surface area (Å²) in [7, 11) is 1.38. The second kappa shape index (κ2) is 11.3. The molecule has 0 bridgehead atoms. The minimum absolute atomic E-state index is 0.00757. The summed E-state index contributed by atoms with van der Waals surface area (Å²) in [5.41, 5.74) is 0.502. The zero-order chi connectivity index (χ0) is 26.5. The molecule has 0 atom stereocenters. The summed E-state index contributed by atoms with van der Waals surface area (Å²) in [6, 6.07) is 2.71. The lowest BCUT2D eigenvalue weighted by Crippen LogP contribution is -2.15. The van der Waals surface area contributed by atoms with Gasteiger partial charge in [0.25, 0.3) is 12.3 Å². The summed E-state index contributed by atoms with van der Waals surface area (Å²) in [6.45, 7) is 5.22. The van der Waals surface area contributed by atoms with Crippen LogP contribution in [-0.4, -0.2) is 33.9 Å². The average molecular weight is 524 g/mol. The summed E-state index contributed by atoms with van der Waals surface area (Å²) in [4.78, 5) is 26.3. The van der Waals surface area contributed by atoms with Crippen LogP contribution in [0.1, 0.15) is 52.8 Å². The number of nitrogens with one attached hydrogen (secondary N) is 2. The van der Waals surface area contributed by atoms with Gasteiger partial charge in [0.15, 0.2) is 11.0 Å². The smallest absolute Gasteiger partial charge is 0.280 e. The van der Waals surface area contributed by atoms with Crippen LogP contribution in [0.3, 0.4) is 0 Å². The van der Waals surface area contributed by atoms with Gasteiger partial charge in [-0.3, -0.25) is 25.5 Å². The number of methoxy groups -OCH3 is 1. The number of carbonyl (C=O) groups is 1. The van der Waals surface area contributed by atoms with Crippen LogP contribution in [0.5, 0.6) is 5.75 Å². The zero-order valence-electron chi connectivity index (χ0n) is 20.1. The Morgan fingerprint density at radius 1 is 1.24 bits per heavy atom. The van der Waals surface area contributed by atoms with Crippen LogP contribution in [0.2, 0.25) is 0 Å². The molecule has 4 rings (SSSR count). The van der Waals surface area contributed by atoms with E-state index in [0.717, 1.165) is 17.7 Å². The van der Waals surface area contributed by atoms with Crippen molar-refractivity contribution in [3.05, 3.63) is 64.9 Å². The van der Waals surface area contributed by atoms with Gasteiger partial charge >= 0.3 is 0 Å². The monoisotopic (exact) mass is 523 g/mol. The predicted molar refractivity (Wildman–Crippen MR) is 136 cm³/mol. The summed E-state index contributed by atoms with van der Waals surface area (Å²) in [5, 5.41) is 11.1. The Morgan fingerprint density at radius 2 is 2.03 bits per heavy atom. The highest BCUT2D eigenvalue weighted by atomic mass is 32.1. The number of amides is 1. The van der Waals surface area contributed by atoms with Crippen molar-refractivity contribution in [1.29, 1.82) is 5.41 Å². The third-order valence-corrected chi connectivity index (χ3v) is 6.00. The highest BCUT2D eigenvalue weighted by molar-refractivity contribution is 7.16. The third kappa shape index (κ3) is 6.74. The lowest BCUT2D eigenvalue weighted by molar-refractivity contribution is 0.102. The van der Waals surface area contributed by atoms with Crippen molar-refractivity contribution in [2.45, 2.75) is 32.6 Å². The fraction of sp³-hybridized carbons (Fsp3) is 0.269. The fourth-order valence-electron chi connectivity index (χ4n) is 3.32. The van der Waals surface area contributed by atoms with E-state index in [1.165, 1.54) is 43.0 Å². The van der Waals surface area contributed by atoms with E-state index in [1.807, 2.05) is 0 Å². The van der Waals surface area contributed by atoms with Crippen molar-refractivity contribution in [3.8, 4) is 28.7 Å². The molecule has 0 aliphatic heterocycles. The van der Waals surface area contributed by atoms with Gasteiger partial charge in [0.1, 0.15) is 11.4 Å². The highest BCUT2D eigenvalue weighted by Crippen LogP contribution is 2.35. The van der Waals surface area contributed by atoms with Gasteiger partial charge in [-0.15, -0.1) is 0 Å². The molecular formula is C26H23F2N5O3S. The van der Waals surface area contributed by atoms with Crippen LogP contribution in [0, 0.1) is 23.2 Å². The maximum absolute atomic E-state index is 13.5. The molecule has 0 aromatic carbocycles. The molecule has 2 N–H and O–H groups in total. The Hall–Kier alpha value is -4.17. The van der Waals surface area contributed by atoms with Crippen molar-refractivity contribution in [1.82, 2.24) is 15.0 Å². The molecule has 8 nitrogen and oxygen atoms in total. The Bertz CT molecular complexity index is 1420. The molecule has 11 heteroatoms. The molecule has 3 heterocycles. The number of anilines is 1. The minimum atomic E-state index is -2.83. The van der Waals surface area contributed by atoms with Crippen LogP contribution in [-0.2, 0) is 11.2 Å². The molecule has 0 unspecified atom stereocenters. The van der Waals surface area contributed by atoms with E-state index in [2.05, 4.69) is 38.7 Å². The van der Waals surface area contributed by atoms with Crippen LogP contribution >= 0.6 is 11.3 Å². The first-order chi connectivity index (χ1) is 17.7. The fourth-order valence-corrected chi connectivity index (χ4v) is 3.99. The molecule has 190 valence electrons. The van der Waals surface area contributed by atoms with Crippen LogP contribution in [0.15, 0.2) is 43.1 Å². The summed E-state index contributed by atoms with van der Waals surface area (Å²) < 4.78 is 37.5. The lowest BCUT2D eigenvalue weighted by Gasteiger charge is -2.15. The van der Waals surface area contributed by atoms with E-state index in [4.69, 9.17) is 14.9 Å². The molecular weight excluding hydrogens is 500 g/mol. The van der Waals surface area contributed by atoms with Gasteiger partial charge in [-0.05, 0) is 31.9 Å². The number of aromatic nitrogens is 3. The normalized spacial score (nSPS) is 12.5. The molecule has 0 spiro atoms. The number of thiazole rings is 1. The topological polar surface area (TPSA) is 110 Å². The standard InChI is InChI=1S/C26H23F2N5O3S/c1-14(2)36-23(29)9-16-8-18(19-10-21(24(27)28)31-13-22(19)35-3)20(12-30-16)25(34)33-26-32-11-17(37-26)7-6-15-4-5-15/h8,10-13,15,24,29H,1,4-5,9H2,2-3H3,(H,32,33,34). The number of rotatable bonds is 8. The molecule has 1 fully saturated rings. The second-order valence-corrected chi connectivity index (χ2v) is 9.29. The van der Waals surface area contributed by atoms with E-state index in [9.17, 15) is 13.6 Å². The molecule has 3 aromatic rings. The van der Waals surface area contributed by atoms with Gasteiger partial charge in [0.2, 0.25) is 0 Å². The molecule has 1 aliphatic carbocycles. The number of nitrogens with zero attached hydrogens (tertiary/aromatic N) is 3. The maximum atomic E-state index is 13.5. The molecule has 37 heavy (non-hydrogen) atoms. The molecule has 0 saturated heterocycles. The van der Waals surface area contributed by atoms with E-state index < -0.39 is 18.0 Å². The lowest BCUT2D eigenvalue weighted by atomic mass is 9.98. The van der Waals surface area contributed by atoms with Gasteiger partial charge in [0, 0.05) is 23.2 Å². The van der Waals surface area contributed by atoms with E-state index in [0.29, 0.717) is 22.5 Å². The first-order valence-electron chi connectivity index (χ1n) is 11.2. The third-order valence-electron chi connectivity index (χ3n) is 5.17. The maximum Gasteiger partial charge on any atom is 0.280 e. The minimum Gasteiger partial charge on any atom is -0.494 e. The largest absolute Gasteiger partial charge is 0.494 e. The van der Waals surface area contributed by atoms with Gasteiger partial charge in [-0.1, -0.05) is 29.8 Å². The average Bonchev–Trinajstić information content (AvgIpc) is 3.59. The number of halogens is 2. The summed E-state index contributed by atoms with van der Waals surface area (Å²) in [6.07, 6.45) is 3.45. The highest BCUT2D eigenvalue weighted by Gasteiger charge is 2.22. The quantitative estimate of drug-likeness (QED) is 0.171. The van der Waals surface area contributed by atoms with Crippen molar-refractivity contribution in [2.75, 3.05) is 12.4 Å². The molecule has 0 radical (unpaired) electrons. The SMILES string of the molecule is C=C(C)OC(=N)Cc1cc(-c2cc(C(F)F)ncc2OC)c(C(=O)Nc2ncc(C#CC3CC3)s2)cn1. The van der Waals surface area contributed by atoms with E-state index >= 15 is 0 Å². The molecule has 3 aromatic heterocycles. The number of carbonyl (C=O) groups excluding carboxylic acids is 1. The van der Waals surface area contributed by atoms with Crippen LogP contribution in [0.4, 0.5) is 13.9 Å². The number of pyridine rings is 2. The van der Waals surface area contributed by atoms with Gasteiger partial charge in [-0.25, -0.2) is 13.8 Å². The second-order valence-electron chi connectivity index (χ2n) is 8.26. The van der Waals surface area contributed by atoms with Crippen molar-refractivity contribution >= 4 is 28.3 Å².